The Bertz CT molecular complexity index is 391. The molecule has 1 N–H and O–H groups in total. The zero-order valence-electron chi connectivity index (χ0n) is 13.4. The minimum Gasteiger partial charge on any atom is -0.481 e. The van der Waals surface area contributed by atoms with Crippen LogP contribution in [0.1, 0.15) is 58.8 Å². The van der Waals surface area contributed by atoms with Crippen molar-refractivity contribution in [2.75, 3.05) is 11.4 Å². The maximum absolute atomic E-state index is 10.7. The van der Waals surface area contributed by atoms with Crippen LogP contribution in [0.25, 0.3) is 0 Å². The number of unbranched alkanes of at least 4 members (excludes halogenated alkanes) is 3. The summed E-state index contributed by atoms with van der Waals surface area (Å²) in [7, 11) is 0. The smallest absolute Gasteiger partial charge is 0.303 e. The molecule has 0 heterocycles. The molecule has 0 radical (unpaired) electrons. The molecule has 21 heavy (non-hydrogen) atoms. The molecule has 0 spiro atoms. The first-order valence-corrected chi connectivity index (χ1v) is 8.18. The quantitative estimate of drug-likeness (QED) is 0.600. The Labute approximate surface area is 129 Å². The van der Waals surface area contributed by atoms with Gasteiger partial charge in [-0.2, -0.15) is 0 Å². The lowest BCUT2D eigenvalue weighted by molar-refractivity contribution is -0.137. The monoisotopic (exact) mass is 291 g/mol. The molecule has 0 amide bonds. The van der Waals surface area contributed by atoms with Crippen molar-refractivity contribution in [1.82, 2.24) is 0 Å². The first-order valence-electron chi connectivity index (χ1n) is 8.18. The van der Waals surface area contributed by atoms with E-state index in [2.05, 4.69) is 30.9 Å². The van der Waals surface area contributed by atoms with Gasteiger partial charge in [-0.05, 0) is 31.9 Å². The molecule has 0 aliphatic rings. The largest absolute Gasteiger partial charge is 0.481 e. The Kier molecular flexibility index (Phi) is 8.56. The lowest BCUT2D eigenvalue weighted by Crippen LogP contribution is -2.34. The first-order chi connectivity index (χ1) is 10.1. The first kappa shape index (κ1) is 17.5. The number of rotatable bonds is 11. The number of anilines is 1. The zero-order chi connectivity index (χ0) is 15.5. The third-order valence-corrected chi connectivity index (χ3v) is 3.89. The molecular weight excluding hydrogens is 262 g/mol. The number of carbonyl (C=O) groups is 1. The molecule has 1 unspecified atom stereocenters. The van der Waals surface area contributed by atoms with Crippen molar-refractivity contribution in [1.29, 1.82) is 0 Å². The van der Waals surface area contributed by atoms with Gasteiger partial charge in [-0.25, -0.2) is 0 Å². The second-order valence-corrected chi connectivity index (χ2v) is 5.72. The van der Waals surface area contributed by atoms with Crippen molar-refractivity contribution < 1.29 is 9.90 Å². The van der Waals surface area contributed by atoms with Gasteiger partial charge >= 0.3 is 5.97 Å². The van der Waals surface area contributed by atoms with Crippen LogP contribution in [0.15, 0.2) is 30.3 Å². The fourth-order valence-electron chi connectivity index (χ4n) is 2.65. The van der Waals surface area contributed by atoms with Gasteiger partial charge in [0.2, 0.25) is 0 Å². The van der Waals surface area contributed by atoms with Gasteiger partial charge in [-0.15, -0.1) is 0 Å². The molecule has 0 aliphatic carbocycles. The van der Waals surface area contributed by atoms with E-state index >= 15 is 0 Å². The summed E-state index contributed by atoms with van der Waals surface area (Å²) in [4.78, 5) is 13.1. The van der Waals surface area contributed by atoms with Crippen molar-refractivity contribution in [2.24, 2.45) is 0 Å². The fraction of sp³-hybridized carbons (Fsp3) is 0.611. The van der Waals surface area contributed by atoms with Gasteiger partial charge in [0.15, 0.2) is 0 Å². The van der Waals surface area contributed by atoms with E-state index in [1.165, 1.54) is 37.8 Å². The molecule has 0 bridgehead atoms. The van der Waals surface area contributed by atoms with Crippen molar-refractivity contribution in [3.63, 3.8) is 0 Å². The second kappa shape index (κ2) is 10.3. The van der Waals surface area contributed by atoms with Gasteiger partial charge in [0.05, 0.1) is 0 Å². The molecule has 0 aliphatic heterocycles. The molecule has 1 rings (SSSR count). The summed E-state index contributed by atoms with van der Waals surface area (Å²) in [6, 6.07) is 10.8. The summed E-state index contributed by atoms with van der Waals surface area (Å²) >= 11 is 0. The molecule has 0 fully saturated rings. The molecule has 0 aromatic heterocycles. The summed E-state index contributed by atoms with van der Waals surface area (Å²) < 4.78 is 0. The standard InChI is InChI=1S/C18H29NO2/c1-3-4-5-7-11-16(2)19(15-10-14-18(20)21)17-12-8-6-9-13-17/h6,8-9,12-13,16H,3-5,7,10-11,14-15H2,1-2H3,(H,20,21). The third kappa shape index (κ3) is 7.16. The SMILES string of the molecule is CCCCCCC(C)N(CCCC(=O)O)c1ccccc1. The van der Waals surface area contributed by atoms with E-state index in [4.69, 9.17) is 5.11 Å². The van der Waals surface area contributed by atoms with Crippen LogP contribution in [0.3, 0.4) is 0 Å². The van der Waals surface area contributed by atoms with E-state index in [9.17, 15) is 4.79 Å². The maximum atomic E-state index is 10.7. The fourth-order valence-corrected chi connectivity index (χ4v) is 2.65. The van der Waals surface area contributed by atoms with E-state index < -0.39 is 5.97 Å². The van der Waals surface area contributed by atoms with Crippen molar-refractivity contribution in [2.45, 2.75) is 64.8 Å². The molecule has 118 valence electrons. The molecular formula is C18H29NO2. The highest BCUT2D eigenvalue weighted by molar-refractivity contribution is 5.66. The molecule has 1 atom stereocenters. The molecule has 1 aromatic carbocycles. The molecule has 0 saturated heterocycles. The Hall–Kier alpha value is -1.51. The van der Waals surface area contributed by atoms with Crippen LogP contribution in [0.4, 0.5) is 5.69 Å². The van der Waals surface area contributed by atoms with E-state index in [0.29, 0.717) is 12.5 Å². The van der Waals surface area contributed by atoms with Crippen molar-refractivity contribution >= 4 is 11.7 Å². The van der Waals surface area contributed by atoms with Gasteiger partial charge in [-0.3, -0.25) is 4.79 Å². The topological polar surface area (TPSA) is 40.5 Å². The molecule has 3 heteroatoms. The number of para-hydroxylation sites is 1. The minimum absolute atomic E-state index is 0.242. The van der Waals surface area contributed by atoms with Crippen LogP contribution in [-0.2, 0) is 4.79 Å². The number of hydrogen-bond donors (Lipinski definition) is 1. The van der Waals surface area contributed by atoms with Crippen LogP contribution in [-0.4, -0.2) is 23.7 Å². The summed E-state index contributed by atoms with van der Waals surface area (Å²) in [6.45, 7) is 5.29. The highest BCUT2D eigenvalue weighted by atomic mass is 16.4. The number of hydrogen-bond acceptors (Lipinski definition) is 2. The number of nitrogens with zero attached hydrogens (tertiary/aromatic N) is 1. The Balaban J connectivity index is 2.56. The summed E-state index contributed by atoms with van der Waals surface area (Å²) in [5, 5.41) is 8.82. The lowest BCUT2D eigenvalue weighted by atomic mass is 10.1. The van der Waals surface area contributed by atoms with Crippen LogP contribution in [0.2, 0.25) is 0 Å². The van der Waals surface area contributed by atoms with E-state index in [0.717, 1.165) is 6.54 Å². The second-order valence-electron chi connectivity index (χ2n) is 5.72. The van der Waals surface area contributed by atoms with Gasteiger partial charge in [0.1, 0.15) is 0 Å². The van der Waals surface area contributed by atoms with Gasteiger partial charge < -0.3 is 10.0 Å². The van der Waals surface area contributed by atoms with Crippen LogP contribution < -0.4 is 4.90 Å². The predicted molar refractivity (Wildman–Crippen MR) is 88.9 cm³/mol. The number of aliphatic carboxylic acids is 1. The molecule has 0 saturated carbocycles. The van der Waals surface area contributed by atoms with E-state index in [-0.39, 0.29) is 6.42 Å². The minimum atomic E-state index is -0.710. The summed E-state index contributed by atoms with van der Waals surface area (Å²) in [6.07, 6.45) is 7.21. The number of benzene rings is 1. The maximum Gasteiger partial charge on any atom is 0.303 e. The summed E-state index contributed by atoms with van der Waals surface area (Å²) in [5.41, 5.74) is 1.20. The van der Waals surface area contributed by atoms with Gasteiger partial charge in [0, 0.05) is 24.7 Å². The number of carboxylic acids is 1. The highest BCUT2D eigenvalue weighted by Crippen LogP contribution is 2.20. The zero-order valence-corrected chi connectivity index (χ0v) is 13.4. The van der Waals surface area contributed by atoms with Gasteiger partial charge in [0.25, 0.3) is 0 Å². The Morgan fingerprint density at radius 2 is 1.86 bits per heavy atom. The predicted octanol–water partition coefficient (Wildman–Crippen LogP) is 4.72. The van der Waals surface area contributed by atoms with Gasteiger partial charge in [-0.1, -0.05) is 50.8 Å². The molecule has 3 nitrogen and oxygen atoms in total. The van der Waals surface area contributed by atoms with Crippen LogP contribution in [0, 0.1) is 0 Å². The Morgan fingerprint density at radius 3 is 2.48 bits per heavy atom. The normalized spacial score (nSPS) is 12.1. The summed E-state index contributed by atoms with van der Waals surface area (Å²) in [5.74, 6) is -0.710. The van der Waals surface area contributed by atoms with Crippen LogP contribution in [0.5, 0.6) is 0 Å². The average Bonchev–Trinajstić information content (AvgIpc) is 2.48. The molecule has 1 aromatic rings. The highest BCUT2D eigenvalue weighted by Gasteiger charge is 2.14. The average molecular weight is 291 g/mol. The number of carboxylic acid groups (broad SMARTS) is 1. The van der Waals surface area contributed by atoms with Crippen molar-refractivity contribution in [3.8, 4) is 0 Å². The van der Waals surface area contributed by atoms with Crippen molar-refractivity contribution in [3.05, 3.63) is 30.3 Å². The Morgan fingerprint density at radius 1 is 1.14 bits per heavy atom. The lowest BCUT2D eigenvalue weighted by Gasteiger charge is -2.31. The van der Waals surface area contributed by atoms with Crippen LogP contribution >= 0.6 is 0 Å². The van der Waals surface area contributed by atoms with E-state index in [1.54, 1.807) is 0 Å². The third-order valence-electron chi connectivity index (χ3n) is 3.89. The van der Waals surface area contributed by atoms with E-state index in [1.807, 2.05) is 18.2 Å².